The monoisotopic (exact) mass is 342 g/mol. The highest BCUT2D eigenvalue weighted by Crippen LogP contribution is 2.38. The second-order valence-electron chi connectivity index (χ2n) is 8.47. The van der Waals surface area contributed by atoms with Crippen molar-refractivity contribution in [2.75, 3.05) is 7.11 Å². The molecule has 0 spiro atoms. The molecular weight excluding hydrogens is 312 g/mol. The third-order valence-electron chi connectivity index (χ3n) is 4.12. The highest BCUT2D eigenvalue weighted by Gasteiger charge is 2.20. The zero-order valence-electron chi connectivity index (χ0n) is 16.4. The number of phenols is 1. The Morgan fingerprint density at radius 1 is 1.08 bits per heavy atom. The summed E-state index contributed by atoms with van der Waals surface area (Å²) in [4.78, 5) is 4.16. The average molecular weight is 342 g/mol. The van der Waals surface area contributed by atoms with Gasteiger partial charge in [-0.1, -0.05) is 26.8 Å². The molecule has 0 aliphatic rings. The lowest BCUT2D eigenvalue weighted by Crippen LogP contribution is -2.35. The average Bonchev–Trinajstić information content (AvgIpc) is 2.52. The maximum atomic E-state index is 10.9. The molecule has 136 valence electrons. The minimum Gasteiger partial charge on any atom is -0.507 e. The molecule has 0 fully saturated rings. The fourth-order valence-electron chi connectivity index (χ4n) is 2.53. The van der Waals surface area contributed by atoms with Gasteiger partial charge in [0.25, 0.3) is 0 Å². The van der Waals surface area contributed by atoms with Crippen LogP contribution in [-0.2, 0) is 12.0 Å². The molecular formula is C21H30N2O2. The number of benzene rings is 1. The van der Waals surface area contributed by atoms with Crippen LogP contribution in [0.15, 0.2) is 30.5 Å². The van der Waals surface area contributed by atoms with Crippen molar-refractivity contribution in [1.82, 2.24) is 10.3 Å². The van der Waals surface area contributed by atoms with Crippen LogP contribution >= 0.6 is 0 Å². The molecule has 1 aromatic carbocycles. The first kappa shape index (κ1) is 19.3. The van der Waals surface area contributed by atoms with Gasteiger partial charge in [-0.3, -0.25) is 0 Å². The molecule has 1 heterocycles. The van der Waals surface area contributed by atoms with E-state index in [2.05, 4.69) is 64.0 Å². The molecule has 0 amide bonds. The molecule has 0 radical (unpaired) electrons. The van der Waals surface area contributed by atoms with Crippen molar-refractivity contribution in [3.05, 3.63) is 41.6 Å². The molecule has 0 saturated carbocycles. The van der Waals surface area contributed by atoms with Gasteiger partial charge >= 0.3 is 0 Å². The van der Waals surface area contributed by atoms with E-state index in [4.69, 9.17) is 4.74 Å². The van der Waals surface area contributed by atoms with Crippen LogP contribution in [-0.4, -0.2) is 22.7 Å². The van der Waals surface area contributed by atoms with E-state index >= 15 is 0 Å². The second kappa shape index (κ2) is 7.04. The van der Waals surface area contributed by atoms with Crippen molar-refractivity contribution in [3.63, 3.8) is 0 Å². The Morgan fingerprint density at radius 2 is 1.76 bits per heavy atom. The molecule has 2 rings (SSSR count). The van der Waals surface area contributed by atoms with E-state index in [0.29, 0.717) is 18.2 Å². The third-order valence-corrected chi connectivity index (χ3v) is 4.12. The van der Waals surface area contributed by atoms with Gasteiger partial charge in [0.1, 0.15) is 5.75 Å². The summed E-state index contributed by atoms with van der Waals surface area (Å²) in [5, 5.41) is 14.4. The number of rotatable bonds is 4. The summed E-state index contributed by atoms with van der Waals surface area (Å²) in [6.07, 6.45) is 1.70. The van der Waals surface area contributed by atoms with Crippen molar-refractivity contribution < 1.29 is 9.84 Å². The van der Waals surface area contributed by atoms with Crippen molar-refractivity contribution >= 4 is 0 Å². The van der Waals surface area contributed by atoms with Gasteiger partial charge in [0.15, 0.2) is 0 Å². The Morgan fingerprint density at radius 3 is 2.32 bits per heavy atom. The molecule has 2 N–H and O–H groups in total. The van der Waals surface area contributed by atoms with Crippen LogP contribution in [0, 0.1) is 0 Å². The van der Waals surface area contributed by atoms with Crippen molar-refractivity contribution in [2.45, 2.75) is 59.0 Å². The Kier molecular flexibility index (Phi) is 5.43. The molecule has 0 bridgehead atoms. The minimum atomic E-state index is -0.0236. The normalized spacial score (nSPS) is 12.3. The van der Waals surface area contributed by atoms with Gasteiger partial charge in [-0.15, -0.1) is 0 Å². The van der Waals surface area contributed by atoms with Crippen LogP contribution in [0.3, 0.4) is 0 Å². The van der Waals surface area contributed by atoms with E-state index in [1.165, 1.54) is 5.56 Å². The fraction of sp³-hybridized carbons (Fsp3) is 0.476. The number of methoxy groups -OCH3 is 1. The molecule has 25 heavy (non-hydrogen) atoms. The van der Waals surface area contributed by atoms with Crippen LogP contribution in [0.5, 0.6) is 11.6 Å². The lowest BCUT2D eigenvalue weighted by molar-refractivity contribution is 0.398. The van der Waals surface area contributed by atoms with Crippen molar-refractivity contribution in [3.8, 4) is 22.8 Å². The van der Waals surface area contributed by atoms with E-state index in [-0.39, 0.29) is 11.0 Å². The molecule has 4 heteroatoms. The van der Waals surface area contributed by atoms with Gasteiger partial charge in [-0.05, 0) is 49.4 Å². The summed E-state index contributed by atoms with van der Waals surface area (Å²) in [5.41, 5.74) is 3.74. The van der Waals surface area contributed by atoms with E-state index in [0.717, 1.165) is 16.7 Å². The quantitative estimate of drug-likeness (QED) is 0.849. The first-order chi connectivity index (χ1) is 11.5. The van der Waals surface area contributed by atoms with Crippen LogP contribution in [0.1, 0.15) is 52.7 Å². The number of aromatic nitrogens is 1. The number of hydrogen-bond donors (Lipinski definition) is 2. The smallest absolute Gasteiger partial charge is 0.213 e. The molecule has 0 aliphatic carbocycles. The number of ether oxygens (including phenoxy) is 1. The Balaban J connectivity index is 2.57. The van der Waals surface area contributed by atoms with Gasteiger partial charge in [0.2, 0.25) is 5.88 Å². The summed E-state index contributed by atoms with van der Waals surface area (Å²) in [6, 6.07) is 7.90. The number of hydrogen-bond acceptors (Lipinski definition) is 4. The maximum Gasteiger partial charge on any atom is 0.213 e. The standard InChI is InChI=1S/C21H30N2O2/c1-20(2,3)16-10-15(13-23-21(4,5)6)19(24)17(12-16)14-8-9-22-18(11-14)25-7/h8-12,23-24H,13H2,1-7H3. The van der Waals surface area contributed by atoms with Gasteiger partial charge in [0, 0.05) is 35.5 Å². The van der Waals surface area contributed by atoms with Crippen LogP contribution in [0.25, 0.3) is 11.1 Å². The summed E-state index contributed by atoms with van der Waals surface area (Å²) < 4.78 is 5.23. The summed E-state index contributed by atoms with van der Waals surface area (Å²) in [7, 11) is 1.59. The summed E-state index contributed by atoms with van der Waals surface area (Å²) >= 11 is 0. The Labute approximate surface area is 151 Å². The lowest BCUT2D eigenvalue weighted by atomic mass is 9.83. The van der Waals surface area contributed by atoms with Crippen molar-refractivity contribution in [2.24, 2.45) is 0 Å². The highest BCUT2D eigenvalue weighted by atomic mass is 16.5. The number of aromatic hydroxyl groups is 1. The molecule has 0 aliphatic heterocycles. The highest BCUT2D eigenvalue weighted by molar-refractivity contribution is 5.73. The predicted octanol–water partition coefficient (Wildman–Crippen LogP) is 4.65. The van der Waals surface area contributed by atoms with E-state index in [9.17, 15) is 5.11 Å². The topological polar surface area (TPSA) is 54.4 Å². The van der Waals surface area contributed by atoms with Crippen LogP contribution in [0.2, 0.25) is 0 Å². The lowest BCUT2D eigenvalue weighted by Gasteiger charge is -2.25. The second-order valence-corrected chi connectivity index (χ2v) is 8.47. The van der Waals surface area contributed by atoms with E-state index < -0.39 is 0 Å². The molecule has 0 unspecified atom stereocenters. The number of pyridine rings is 1. The number of nitrogens with one attached hydrogen (secondary N) is 1. The zero-order valence-corrected chi connectivity index (χ0v) is 16.4. The SMILES string of the molecule is COc1cc(-c2cc(C(C)(C)C)cc(CNC(C)(C)C)c2O)ccn1. The van der Waals surface area contributed by atoms with E-state index in [1.54, 1.807) is 13.3 Å². The van der Waals surface area contributed by atoms with Gasteiger partial charge in [-0.2, -0.15) is 0 Å². The summed E-state index contributed by atoms with van der Waals surface area (Å²) in [5.74, 6) is 0.838. The molecule has 1 aromatic heterocycles. The van der Waals surface area contributed by atoms with Gasteiger partial charge in [0.05, 0.1) is 7.11 Å². The van der Waals surface area contributed by atoms with Crippen LogP contribution in [0.4, 0.5) is 0 Å². The first-order valence-corrected chi connectivity index (χ1v) is 8.63. The number of nitrogens with zero attached hydrogens (tertiary/aromatic N) is 1. The maximum absolute atomic E-state index is 10.9. The first-order valence-electron chi connectivity index (χ1n) is 8.63. The predicted molar refractivity (Wildman–Crippen MR) is 103 cm³/mol. The molecule has 0 atom stereocenters. The largest absolute Gasteiger partial charge is 0.507 e. The zero-order chi connectivity index (χ0) is 18.8. The van der Waals surface area contributed by atoms with Gasteiger partial charge < -0.3 is 15.2 Å². The summed E-state index contributed by atoms with van der Waals surface area (Å²) in [6.45, 7) is 13.5. The van der Waals surface area contributed by atoms with Crippen LogP contribution < -0.4 is 10.1 Å². The minimum absolute atomic E-state index is 0.0178. The fourth-order valence-corrected chi connectivity index (χ4v) is 2.53. The molecule has 4 nitrogen and oxygen atoms in total. The Bertz CT molecular complexity index is 741. The number of phenolic OH excluding ortho intramolecular Hbond substituents is 1. The van der Waals surface area contributed by atoms with Gasteiger partial charge in [-0.25, -0.2) is 4.98 Å². The molecule has 0 saturated heterocycles. The Hall–Kier alpha value is -2.07. The van der Waals surface area contributed by atoms with E-state index in [1.807, 2.05) is 12.1 Å². The third kappa shape index (κ3) is 4.95. The molecule has 2 aromatic rings. The van der Waals surface area contributed by atoms with Crippen molar-refractivity contribution in [1.29, 1.82) is 0 Å².